The molecule has 0 spiro atoms. The molecule has 0 aliphatic carbocycles. The van der Waals surface area contributed by atoms with Crippen LogP contribution in [-0.2, 0) is 6.18 Å². The molecule has 17 heavy (non-hydrogen) atoms. The Hall–Kier alpha value is -1.56. The highest BCUT2D eigenvalue weighted by atomic mass is 35.5. The van der Waals surface area contributed by atoms with Crippen molar-refractivity contribution >= 4 is 11.6 Å². The third-order valence-corrected chi connectivity index (χ3v) is 2.37. The Balaban J connectivity index is 2.57. The van der Waals surface area contributed by atoms with Gasteiger partial charge in [0.15, 0.2) is 0 Å². The van der Waals surface area contributed by atoms with Crippen LogP contribution < -0.4 is 0 Å². The van der Waals surface area contributed by atoms with Gasteiger partial charge in [0.05, 0.1) is 5.56 Å². The summed E-state index contributed by atoms with van der Waals surface area (Å²) in [6.45, 7) is 1.66. The summed E-state index contributed by atoms with van der Waals surface area (Å²) in [6, 6.07) is 1.72. The second-order valence-electron chi connectivity index (χ2n) is 3.38. The summed E-state index contributed by atoms with van der Waals surface area (Å²) >= 11 is 5.58. The molecule has 0 aliphatic heterocycles. The molecule has 0 saturated heterocycles. The molecular formula is C10H7ClF3N3. The van der Waals surface area contributed by atoms with Crippen LogP contribution in [0.3, 0.4) is 0 Å². The van der Waals surface area contributed by atoms with Gasteiger partial charge in [0.1, 0.15) is 16.8 Å². The minimum absolute atomic E-state index is 0.0971. The van der Waals surface area contributed by atoms with E-state index in [9.17, 15) is 13.2 Å². The predicted molar refractivity (Wildman–Crippen MR) is 56.1 cm³/mol. The molecule has 0 aliphatic rings. The fourth-order valence-corrected chi connectivity index (χ4v) is 1.59. The highest BCUT2D eigenvalue weighted by Crippen LogP contribution is 2.31. The predicted octanol–water partition coefficient (Wildman–Crippen LogP) is 3.25. The quantitative estimate of drug-likeness (QED) is 0.738. The zero-order valence-electron chi connectivity index (χ0n) is 8.66. The summed E-state index contributed by atoms with van der Waals surface area (Å²) in [4.78, 5) is 7.75. The molecule has 90 valence electrons. The number of halogens is 4. The SMILES string of the molecule is Cc1nccn1-c1cc(C(F)(F)F)cc(Cl)n1. The number of alkyl halides is 3. The van der Waals surface area contributed by atoms with E-state index in [0.717, 1.165) is 12.1 Å². The first-order valence-corrected chi connectivity index (χ1v) is 5.01. The minimum Gasteiger partial charge on any atom is -0.288 e. The zero-order valence-corrected chi connectivity index (χ0v) is 9.42. The molecule has 2 aromatic heterocycles. The number of rotatable bonds is 1. The van der Waals surface area contributed by atoms with Gasteiger partial charge in [-0.3, -0.25) is 4.57 Å². The maximum Gasteiger partial charge on any atom is 0.416 e. The second kappa shape index (κ2) is 4.03. The number of imidazole rings is 1. The Morgan fingerprint density at radius 1 is 1.29 bits per heavy atom. The summed E-state index contributed by atoms with van der Waals surface area (Å²) in [6.07, 6.45) is -1.45. The van der Waals surface area contributed by atoms with Gasteiger partial charge in [-0.2, -0.15) is 13.2 Å². The number of hydrogen-bond acceptors (Lipinski definition) is 2. The molecule has 0 atom stereocenters. The van der Waals surface area contributed by atoms with Gasteiger partial charge in [0.25, 0.3) is 0 Å². The summed E-state index contributed by atoms with van der Waals surface area (Å²) < 4.78 is 39.2. The van der Waals surface area contributed by atoms with Gasteiger partial charge in [-0.15, -0.1) is 0 Å². The van der Waals surface area contributed by atoms with Crippen LogP contribution >= 0.6 is 11.6 Å². The maximum atomic E-state index is 12.6. The van der Waals surface area contributed by atoms with Crippen LogP contribution in [0.5, 0.6) is 0 Å². The van der Waals surface area contributed by atoms with Gasteiger partial charge in [0, 0.05) is 12.4 Å². The molecule has 7 heteroatoms. The average Bonchev–Trinajstić information content (AvgIpc) is 2.62. The van der Waals surface area contributed by atoms with E-state index in [2.05, 4.69) is 9.97 Å². The van der Waals surface area contributed by atoms with Gasteiger partial charge >= 0.3 is 6.18 Å². The van der Waals surface area contributed by atoms with Crippen molar-refractivity contribution in [2.75, 3.05) is 0 Å². The highest BCUT2D eigenvalue weighted by molar-refractivity contribution is 6.29. The lowest BCUT2D eigenvalue weighted by molar-refractivity contribution is -0.137. The fourth-order valence-electron chi connectivity index (χ4n) is 1.39. The van der Waals surface area contributed by atoms with Gasteiger partial charge in [-0.25, -0.2) is 9.97 Å². The van der Waals surface area contributed by atoms with Crippen molar-refractivity contribution in [3.05, 3.63) is 41.1 Å². The average molecular weight is 262 g/mol. The van der Waals surface area contributed by atoms with Crippen molar-refractivity contribution in [2.45, 2.75) is 13.1 Å². The van der Waals surface area contributed by atoms with E-state index in [1.807, 2.05) is 0 Å². The third-order valence-electron chi connectivity index (χ3n) is 2.18. The largest absolute Gasteiger partial charge is 0.416 e. The van der Waals surface area contributed by atoms with E-state index in [0.29, 0.717) is 5.82 Å². The Labute approximate surface area is 99.9 Å². The zero-order chi connectivity index (χ0) is 12.6. The molecule has 0 fully saturated rings. The molecule has 0 amide bonds. The molecule has 0 N–H and O–H groups in total. The molecule has 2 rings (SSSR count). The summed E-state index contributed by atoms with van der Waals surface area (Å²) in [5.41, 5.74) is -0.833. The number of pyridine rings is 1. The van der Waals surface area contributed by atoms with Crippen molar-refractivity contribution in [1.82, 2.24) is 14.5 Å². The van der Waals surface area contributed by atoms with Crippen LogP contribution in [0.1, 0.15) is 11.4 Å². The van der Waals surface area contributed by atoms with Crippen molar-refractivity contribution < 1.29 is 13.2 Å². The van der Waals surface area contributed by atoms with Crippen LogP contribution in [0, 0.1) is 6.92 Å². The van der Waals surface area contributed by atoms with Crippen molar-refractivity contribution in [3.63, 3.8) is 0 Å². The summed E-state index contributed by atoms with van der Waals surface area (Å²) in [7, 11) is 0. The number of aromatic nitrogens is 3. The first kappa shape index (κ1) is 11.9. The standard InChI is InChI=1S/C10H7ClF3N3/c1-6-15-2-3-17(6)9-5-7(10(12,13)14)4-8(11)16-9/h2-5H,1H3. The van der Waals surface area contributed by atoms with Gasteiger partial charge in [-0.1, -0.05) is 11.6 Å². The summed E-state index contributed by atoms with van der Waals surface area (Å²) in [5.74, 6) is 0.632. The molecule has 0 bridgehead atoms. The minimum atomic E-state index is -4.45. The van der Waals surface area contributed by atoms with E-state index < -0.39 is 11.7 Å². The molecular weight excluding hydrogens is 255 g/mol. The third kappa shape index (κ3) is 2.41. The molecule has 0 unspecified atom stereocenters. The van der Waals surface area contributed by atoms with E-state index >= 15 is 0 Å². The molecule has 3 nitrogen and oxygen atoms in total. The van der Waals surface area contributed by atoms with E-state index in [1.54, 1.807) is 6.92 Å². The van der Waals surface area contributed by atoms with Gasteiger partial charge in [-0.05, 0) is 19.1 Å². The molecule has 0 aromatic carbocycles. The van der Waals surface area contributed by atoms with Crippen molar-refractivity contribution in [2.24, 2.45) is 0 Å². The number of nitrogens with zero attached hydrogens (tertiary/aromatic N) is 3. The van der Waals surface area contributed by atoms with Crippen molar-refractivity contribution in [3.8, 4) is 5.82 Å². The maximum absolute atomic E-state index is 12.6. The topological polar surface area (TPSA) is 30.7 Å². The van der Waals surface area contributed by atoms with E-state index in [1.165, 1.54) is 17.0 Å². The Bertz CT molecular complexity index is 548. The Kier molecular flexibility index (Phi) is 2.82. The first-order valence-electron chi connectivity index (χ1n) is 4.63. The number of aryl methyl sites for hydroxylation is 1. The summed E-state index contributed by atoms with van der Waals surface area (Å²) in [5, 5.41) is -0.206. The fraction of sp³-hybridized carbons (Fsp3) is 0.200. The first-order chi connectivity index (χ1) is 7.88. The second-order valence-corrected chi connectivity index (χ2v) is 3.77. The highest BCUT2D eigenvalue weighted by Gasteiger charge is 2.31. The van der Waals surface area contributed by atoms with Crippen molar-refractivity contribution in [1.29, 1.82) is 0 Å². The molecule has 0 radical (unpaired) electrons. The van der Waals surface area contributed by atoms with Crippen LogP contribution in [0.15, 0.2) is 24.5 Å². The van der Waals surface area contributed by atoms with Crippen LogP contribution in [0.2, 0.25) is 5.15 Å². The molecule has 2 aromatic rings. The normalized spacial score (nSPS) is 11.8. The van der Waals surface area contributed by atoms with E-state index in [-0.39, 0.29) is 11.0 Å². The lowest BCUT2D eigenvalue weighted by Gasteiger charge is -2.10. The van der Waals surface area contributed by atoms with Gasteiger partial charge in [0.2, 0.25) is 0 Å². The molecule has 2 heterocycles. The Morgan fingerprint density at radius 3 is 2.53 bits per heavy atom. The van der Waals surface area contributed by atoms with Gasteiger partial charge < -0.3 is 0 Å². The van der Waals surface area contributed by atoms with Crippen LogP contribution in [-0.4, -0.2) is 14.5 Å². The lowest BCUT2D eigenvalue weighted by Crippen LogP contribution is -2.08. The Morgan fingerprint density at radius 2 is 2.00 bits per heavy atom. The number of hydrogen-bond donors (Lipinski definition) is 0. The van der Waals surface area contributed by atoms with E-state index in [4.69, 9.17) is 11.6 Å². The van der Waals surface area contributed by atoms with Crippen LogP contribution in [0.4, 0.5) is 13.2 Å². The smallest absolute Gasteiger partial charge is 0.288 e. The van der Waals surface area contributed by atoms with Crippen LogP contribution in [0.25, 0.3) is 5.82 Å². The lowest BCUT2D eigenvalue weighted by atomic mass is 10.2. The molecule has 0 saturated carbocycles. The monoisotopic (exact) mass is 261 g/mol.